The molecule has 0 aliphatic heterocycles. The van der Waals surface area contributed by atoms with E-state index in [1.54, 1.807) is 12.4 Å². The van der Waals surface area contributed by atoms with E-state index in [9.17, 15) is 0 Å². The third-order valence-electron chi connectivity index (χ3n) is 2.11. The van der Waals surface area contributed by atoms with Crippen molar-refractivity contribution in [3.63, 3.8) is 0 Å². The van der Waals surface area contributed by atoms with Crippen molar-refractivity contribution in [1.82, 2.24) is 19.9 Å². The van der Waals surface area contributed by atoms with Gasteiger partial charge in [0.25, 0.3) is 0 Å². The Morgan fingerprint density at radius 3 is 2.87 bits per heavy atom. The number of nitrogens with one attached hydrogen (secondary N) is 2. The maximum absolute atomic E-state index is 4.40. The lowest BCUT2D eigenvalue weighted by atomic mass is 10.3. The van der Waals surface area contributed by atoms with Gasteiger partial charge in [0, 0.05) is 31.2 Å². The summed E-state index contributed by atoms with van der Waals surface area (Å²) in [6.07, 6.45) is 4.33. The van der Waals surface area contributed by atoms with Crippen molar-refractivity contribution in [1.29, 1.82) is 0 Å². The predicted molar refractivity (Wildman–Crippen MR) is 58.5 cm³/mol. The van der Waals surface area contributed by atoms with Crippen LogP contribution >= 0.6 is 0 Å². The molecule has 0 aliphatic rings. The molecule has 0 saturated carbocycles. The van der Waals surface area contributed by atoms with Gasteiger partial charge in [-0.15, -0.1) is 0 Å². The second kappa shape index (κ2) is 4.08. The Hall–Kier alpha value is -1.91. The lowest BCUT2D eigenvalue weighted by Gasteiger charge is -2.04. The molecule has 0 aliphatic carbocycles. The van der Waals surface area contributed by atoms with E-state index in [-0.39, 0.29) is 0 Å². The maximum Gasteiger partial charge on any atom is 0.197 e. The molecule has 0 saturated heterocycles. The van der Waals surface area contributed by atoms with Gasteiger partial charge in [0.05, 0.1) is 0 Å². The van der Waals surface area contributed by atoms with Crippen LogP contribution in [0.15, 0.2) is 18.5 Å². The van der Waals surface area contributed by atoms with Gasteiger partial charge < -0.3 is 10.3 Å². The summed E-state index contributed by atoms with van der Waals surface area (Å²) in [6, 6.07) is 1.94. The molecule has 0 fully saturated rings. The average molecular weight is 203 g/mol. The Morgan fingerprint density at radius 2 is 2.27 bits per heavy atom. The molecule has 2 heterocycles. The predicted octanol–water partition coefficient (Wildman–Crippen LogP) is 1.47. The largest absolute Gasteiger partial charge is 0.373 e. The summed E-state index contributed by atoms with van der Waals surface area (Å²) < 4.78 is 0. The molecule has 0 unspecified atom stereocenters. The van der Waals surface area contributed by atoms with Crippen LogP contribution in [-0.4, -0.2) is 27.0 Å². The van der Waals surface area contributed by atoms with Crippen LogP contribution in [0.4, 0.5) is 5.82 Å². The topological polar surface area (TPSA) is 66.5 Å². The van der Waals surface area contributed by atoms with Gasteiger partial charge >= 0.3 is 0 Å². The molecule has 2 aromatic rings. The molecule has 78 valence electrons. The summed E-state index contributed by atoms with van der Waals surface area (Å²) in [5.41, 5.74) is 1.00. The minimum Gasteiger partial charge on any atom is -0.373 e. The molecule has 2 aromatic heterocycles. The zero-order valence-corrected chi connectivity index (χ0v) is 8.78. The second-order valence-electron chi connectivity index (χ2n) is 3.11. The van der Waals surface area contributed by atoms with Crippen molar-refractivity contribution in [3.8, 4) is 11.6 Å². The van der Waals surface area contributed by atoms with Crippen LogP contribution in [0.2, 0.25) is 0 Å². The van der Waals surface area contributed by atoms with Crippen molar-refractivity contribution in [2.24, 2.45) is 0 Å². The number of hydrogen-bond donors (Lipinski definition) is 2. The summed E-state index contributed by atoms with van der Waals surface area (Å²) in [5, 5.41) is 3.01. The summed E-state index contributed by atoms with van der Waals surface area (Å²) in [7, 11) is 1.84. The van der Waals surface area contributed by atoms with E-state index in [2.05, 4.69) is 32.2 Å². The number of aromatic nitrogens is 4. The number of rotatable bonds is 3. The van der Waals surface area contributed by atoms with Gasteiger partial charge in [-0.1, -0.05) is 6.92 Å². The molecule has 0 bridgehead atoms. The first-order valence-electron chi connectivity index (χ1n) is 4.89. The monoisotopic (exact) mass is 203 g/mol. The Kier molecular flexibility index (Phi) is 2.62. The molecule has 5 heteroatoms. The minimum atomic E-state index is 0.628. The molecule has 0 amide bonds. The van der Waals surface area contributed by atoms with Crippen molar-refractivity contribution in [2.75, 3.05) is 12.4 Å². The van der Waals surface area contributed by atoms with Gasteiger partial charge in [0.2, 0.25) is 0 Å². The van der Waals surface area contributed by atoms with Crippen LogP contribution < -0.4 is 5.32 Å². The first-order chi connectivity index (χ1) is 7.33. The summed E-state index contributed by atoms with van der Waals surface area (Å²) in [4.78, 5) is 15.8. The summed E-state index contributed by atoms with van der Waals surface area (Å²) in [6.45, 7) is 2.06. The van der Waals surface area contributed by atoms with Gasteiger partial charge in [-0.25, -0.2) is 15.0 Å². The molecule has 15 heavy (non-hydrogen) atoms. The van der Waals surface area contributed by atoms with Gasteiger partial charge in [-0.2, -0.15) is 0 Å². The van der Waals surface area contributed by atoms with Crippen molar-refractivity contribution in [2.45, 2.75) is 13.3 Å². The standard InChI is InChI=1S/C10H13N5/c1-3-7-6-8(11-2)15-10(14-7)9-12-4-5-13-9/h4-6H,3H2,1-2H3,(H,12,13)(H,11,14,15). The number of aromatic amines is 1. The van der Waals surface area contributed by atoms with E-state index in [0.717, 1.165) is 17.9 Å². The lowest BCUT2D eigenvalue weighted by Crippen LogP contribution is -2.00. The van der Waals surface area contributed by atoms with Gasteiger partial charge in [-0.05, 0) is 6.42 Å². The number of nitrogens with zero attached hydrogens (tertiary/aromatic N) is 3. The molecule has 0 aromatic carbocycles. The van der Waals surface area contributed by atoms with E-state index >= 15 is 0 Å². The van der Waals surface area contributed by atoms with Crippen LogP contribution in [0.5, 0.6) is 0 Å². The first-order valence-corrected chi connectivity index (χ1v) is 4.89. The fraction of sp³-hybridized carbons (Fsp3) is 0.300. The van der Waals surface area contributed by atoms with Crippen LogP contribution in [0, 0.1) is 0 Å². The normalized spacial score (nSPS) is 10.3. The zero-order chi connectivity index (χ0) is 10.7. The first kappa shape index (κ1) is 9.64. The average Bonchev–Trinajstić information content (AvgIpc) is 2.81. The molecular weight excluding hydrogens is 190 g/mol. The zero-order valence-electron chi connectivity index (χ0n) is 8.78. The Bertz CT molecular complexity index is 413. The fourth-order valence-electron chi connectivity index (χ4n) is 1.30. The molecular formula is C10H13N5. The molecule has 0 radical (unpaired) electrons. The van der Waals surface area contributed by atoms with Gasteiger partial charge in [0.1, 0.15) is 5.82 Å². The molecule has 0 atom stereocenters. The highest BCUT2D eigenvalue weighted by atomic mass is 15.1. The number of H-pyrrole nitrogens is 1. The Balaban J connectivity index is 2.47. The van der Waals surface area contributed by atoms with Gasteiger partial charge in [0.15, 0.2) is 11.6 Å². The van der Waals surface area contributed by atoms with E-state index in [1.165, 1.54) is 0 Å². The second-order valence-corrected chi connectivity index (χ2v) is 3.11. The van der Waals surface area contributed by atoms with E-state index in [1.807, 2.05) is 13.1 Å². The third-order valence-corrected chi connectivity index (χ3v) is 2.11. The highest BCUT2D eigenvalue weighted by molar-refractivity contribution is 5.48. The quantitative estimate of drug-likeness (QED) is 0.792. The lowest BCUT2D eigenvalue weighted by molar-refractivity contribution is 0.993. The Labute approximate surface area is 88.0 Å². The van der Waals surface area contributed by atoms with Crippen molar-refractivity contribution < 1.29 is 0 Å². The van der Waals surface area contributed by atoms with Crippen molar-refractivity contribution in [3.05, 3.63) is 24.2 Å². The molecule has 2 rings (SSSR count). The number of imidazole rings is 1. The van der Waals surface area contributed by atoms with E-state index in [0.29, 0.717) is 11.6 Å². The maximum atomic E-state index is 4.40. The highest BCUT2D eigenvalue weighted by Crippen LogP contribution is 2.13. The van der Waals surface area contributed by atoms with E-state index < -0.39 is 0 Å². The van der Waals surface area contributed by atoms with Gasteiger partial charge in [-0.3, -0.25) is 0 Å². The number of aryl methyl sites for hydroxylation is 1. The number of hydrogen-bond acceptors (Lipinski definition) is 4. The SMILES string of the molecule is CCc1cc(NC)nc(-c2ncc[nH]2)n1. The van der Waals surface area contributed by atoms with Crippen molar-refractivity contribution >= 4 is 5.82 Å². The van der Waals surface area contributed by atoms with Crippen LogP contribution in [0.25, 0.3) is 11.6 Å². The highest BCUT2D eigenvalue weighted by Gasteiger charge is 2.06. The summed E-state index contributed by atoms with van der Waals surface area (Å²) >= 11 is 0. The van der Waals surface area contributed by atoms with Crippen LogP contribution in [0.1, 0.15) is 12.6 Å². The molecule has 0 spiro atoms. The molecule has 5 nitrogen and oxygen atoms in total. The Morgan fingerprint density at radius 1 is 1.40 bits per heavy atom. The molecule has 2 N–H and O–H groups in total. The fourth-order valence-corrected chi connectivity index (χ4v) is 1.30. The summed E-state index contributed by atoms with van der Waals surface area (Å²) in [5.74, 6) is 2.14. The van der Waals surface area contributed by atoms with E-state index in [4.69, 9.17) is 0 Å². The van der Waals surface area contributed by atoms with Crippen LogP contribution in [-0.2, 0) is 6.42 Å². The smallest absolute Gasteiger partial charge is 0.197 e. The number of anilines is 1. The minimum absolute atomic E-state index is 0.628. The third kappa shape index (κ3) is 1.96. The van der Waals surface area contributed by atoms with Crippen LogP contribution in [0.3, 0.4) is 0 Å².